The number of amides is 2. The summed E-state index contributed by atoms with van der Waals surface area (Å²) < 4.78 is 0. The number of nitrogens with one attached hydrogen (secondary N) is 1. The van der Waals surface area contributed by atoms with E-state index < -0.39 is 0 Å². The van der Waals surface area contributed by atoms with Gasteiger partial charge in [0.1, 0.15) is 0 Å². The third-order valence-corrected chi connectivity index (χ3v) is 3.89. The van der Waals surface area contributed by atoms with Gasteiger partial charge in [-0.05, 0) is 30.4 Å². The Labute approximate surface area is 125 Å². The third-order valence-electron chi connectivity index (χ3n) is 3.89. The minimum absolute atomic E-state index is 0.00751. The van der Waals surface area contributed by atoms with Gasteiger partial charge in [-0.3, -0.25) is 9.59 Å². The van der Waals surface area contributed by atoms with E-state index in [4.69, 9.17) is 5.73 Å². The first kappa shape index (κ1) is 15.5. The number of para-hydroxylation sites is 1. The Morgan fingerprint density at radius 1 is 1.38 bits per heavy atom. The SMILES string of the molecule is CC(=O)N(C)Cc1ccccc1NC(=O)CC(N)C1CC1. The van der Waals surface area contributed by atoms with E-state index in [0.29, 0.717) is 18.9 Å². The van der Waals surface area contributed by atoms with E-state index >= 15 is 0 Å². The van der Waals surface area contributed by atoms with Crippen LogP contribution in [0.15, 0.2) is 24.3 Å². The van der Waals surface area contributed by atoms with Crippen molar-refractivity contribution < 1.29 is 9.59 Å². The largest absolute Gasteiger partial charge is 0.342 e. The fraction of sp³-hybridized carbons (Fsp3) is 0.500. The monoisotopic (exact) mass is 289 g/mol. The van der Waals surface area contributed by atoms with Crippen molar-refractivity contribution in [3.8, 4) is 0 Å². The van der Waals surface area contributed by atoms with Gasteiger partial charge >= 0.3 is 0 Å². The summed E-state index contributed by atoms with van der Waals surface area (Å²) in [7, 11) is 1.74. The second-order valence-electron chi connectivity index (χ2n) is 5.79. The van der Waals surface area contributed by atoms with Gasteiger partial charge in [-0.1, -0.05) is 18.2 Å². The highest BCUT2D eigenvalue weighted by Crippen LogP contribution is 2.32. The molecule has 1 aliphatic carbocycles. The molecule has 5 heteroatoms. The lowest BCUT2D eigenvalue weighted by Gasteiger charge is -2.18. The van der Waals surface area contributed by atoms with Crippen LogP contribution in [0.1, 0.15) is 31.7 Å². The van der Waals surface area contributed by atoms with Crippen LogP contribution < -0.4 is 11.1 Å². The van der Waals surface area contributed by atoms with Crippen LogP contribution in [0.5, 0.6) is 0 Å². The highest BCUT2D eigenvalue weighted by Gasteiger charge is 2.29. The van der Waals surface area contributed by atoms with Crippen LogP contribution in [0.4, 0.5) is 5.69 Å². The molecule has 0 saturated heterocycles. The second-order valence-corrected chi connectivity index (χ2v) is 5.79. The van der Waals surface area contributed by atoms with Gasteiger partial charge in [0, 0.05) is 38.7 Å². The third kappa shape index (κ3) is 4.56. The van der Waals surface area contributed by atoms with E-state index in [2.05, 4.69) is 5.32 Å². The van der Waals surface area contributed by atoms with E-state index in [1.165, 1.54) is 6.92 Å². The molecule has 114 valence electrons. The van der Waals surface area contributed by atoms with Crippen LogP contribution >= 0.6 is 0 Å². The molecule has 0 spiro atoms. The number of nitrogens with two attached hydrogens (primary N) is 1. The number of benzene rings is 1. The molecule has 0 radical (unpaired) electrons. The van der Waals surface area contributed by atoms with E-state index in [-0.39, 0.29) is 17.9 Å². The molecule has 2 rings (SSSR count). The number of anilines is 1. The molecule has 1 unspecified atom stereocenters. The van der Waals surface area contributed by atoms with Gasteiger partial charge < -0.3 is 16.0 Å². The minimum atomic E-state index is -0.0627. The summed E-state index contributed by atoms with van der Waals surface area (Å²) >= 11 is 0. The summed E-state index contributed by atoms with van der Waals surface area (Å²) in [6, 6.07) is 7.49. The Hall–Kier alpha value is -1.88. The average molecular weight is 289 g/mol. The zero-order chi connectivity index (χ0) is 15.4. The number of rotatable bonds is 6. The Bertz CT molecular complexity index is 526. The number of carbonyl (C=O) groups excluding carboxylic acids is 2. The molecule has 1 aromatic rings. The summed E-state index contributed by atoms with van der Waals surface area (Å²) in [5.41, 5.74) is 7.65. The molecule has 21 heavy (non-hydrogen) atoms. The molecule has 0 heterocycles. The predicted molar refractivity (Wildman–Crippen MR) is 82.5 cm³/mol. The smallest absolute Gasteiger partial charge is 0.225 e. The maximum Gasteiger partial charge on any atom is 0.225 e. The van der Waals surface area contributed by atoms with Crippen LogP contribution in [0.25, 0.3) is 0 Å². The van der Waals surface area contributed by atoms with E-state index in [1.54, 1.807) is 11.9 Å². The lowest BCUT2D eigenvalue weighted by molar-refractivity contribution is -0.128. The van der Waals surface area contributed by atoms with Gasteiger partial charge in [0.05, 0.1) is 0 Å². The van der Waals surface area contributed by atoms with Crippen molar-refractivity contribution in [3.05, 3.63) is 29.8 Å². The van der Waals surface area contributed by atoms with Crippen LogP contribution in [0.3, 0.4) is 0 Å². The summed E-state index contributed by atoms with van der Waals surface area (Å²) in [6.07, 6.45) is 2.62. The molecule has 0 aliphatic heterocycles. The van der Waals surface area contributed by atoms with Gasteiger partial charge in [-0.2, -0.15) is 0 Å². The molecular weight excluding hydrogens is 266 g/mol. The van der Waals surface area contributed by atoms with Crippen LogP contribution in [-0.2, 0) is 16.1 Å². The van der Waals surface area contributed by atoms with Crippen LogP contribution in [-0.4, -0.2) is 29.8 Å². The fourth-order valence-corrected chi connectivity index (χ4v) is 2.25. The molecular formula is C16H23N3O2. The first-order chi connectivity index (χ1) is 9.97. The molecule has 1 aliphatic rings. The van der Waals surface area contributed by atoms with Crippen molar-refractivity contribution in [2.45, 2.75) is 38.8 Å². The van der Waals surface area contributed by atoms with Gasteiger partial charge in [-0.25, -0.2) is 0 Å². The summed E-state index contributed by atoms with van der Waals surface area (Å²) in [4.78, 5) is 25.0. The Morgan fingerprint density at radius 3 is 2.67 bits per heavy atom. The topological polar surface area (TPSA) is 75.4 Å². The fourth-order valence-electron chi connectivity index (χ4n) is 2.25. The first-order valence-electron chi connectivity index (χ1n) is 7.32. The van der Waals surface area contributed by atoms with Gasteiger partial charge in [0.15, 0.2) is 0 Å². The van der Waals surface area contributed by atoms with Gasteiger partial charge in [0.25, 0.3) is 0 Å². The number of hydrogen-bond donors (Lipinski definition) is 2. The summed E-state index contributed by atoms with van der Waals surface area (Å²) in [5.74, 6) is 0.439. The molecule has 5 nitrogen and oxygen atoms in total. The van der Waals surface area contributed by atoms with Crippen molar-refractivity contribution in [2.75, 3.05) is 12.4 Å². The number of hydrogen-bond acceptors (Lipinski definition) is 3. The number of carbonyl (C=O) groups is 2. The van der Waals surface area contributed by atoms with E-state index in [9.17, 15) is 9.59 Å². The molecule has 3 N–H and O–H groups in total. The average Bonchev–Trinajstić information content (AvgIpc) is 3.25. The van der Waals surface area contributed by atoms with E-state index in [0.717, 1.165) is 24.1 Å². The molecule has 0 bridgehead atoms. The van der Waals surface area contributed by atoms with Gasteiger partial charge in [-0.15, -0.1) is 0 Å². The van der Waals surface area contributed by atoms with Crippen molar-refractivity contribution in [3.63, 3.8) is 0 Å². The van der Waals surface area contributed by atoms with Crippen LogP contribution in [0.2, 0.25) is 0 Å². The van der Waals surface area contributed by atoms with E-state index in [1.807, 2.05) is 24.3 Å². The number of nitrogens with zero attached hydrogens (tertiary/aromatic N) is 1. The van der Waals surface area contributed by atoms with Crippen molar-refractivity contribution in [2.24, 2.45) is 11.7 Å². The van der Waals surface area contributed by atoms with Crippen molar-refractivity contribution >= 4 is 17.5 Å². The predicted octanol–water partition coefficient (Wildman–Crippen LogP) is 1.73. The Morgan fingerprint density at radius 2 is 2.05 bits per heavy atom. The molecule has 1 saturated carbocycles. The zero-order valence-corrected chi connectivity index (χ0v) is 12.6. The Kier molecular flexibility index (Phi) is 4.96. The van der Waals surface area contributed by atoms with Crippen LogP contribution in [0, 0.1) is 5.92 Å². The molecule has 1 fully saturated rings. The zero-order valence-electron chi connectivity index (χ0n) is 12.6. The van der Waals surface area contributed by atoms with Gasteiger partial charge in [0.2, 0.25) is 11.8 Å². The Balaban J connectivity index is 1.98. The lowest BCUT2D eigenvalue weighted by atomic mass is 10.1. The normalized spacial score (nSPS) is 15.4. The summed E-state index contributed by atoms with van der Waals surface area (Å²) in [5, 5.41) is 2.91. The quantitative estimate of drug-likeness (QED) is 0.837. The maximum absolute atomic E-state index is 12.1. The minimum Gasteiger partial charge on any atom is -0.342 e. The summed E-state index contributed by atoms with van der Waals surface area (Å²) in [6.45, 7) is 2.00. The van der Waals surface area contributed by atoms with Crippen molar-refractivity contribution in [1.29, 1.82) is 0 Å². The molecule has 1 aromatic carbocycles. The van der Waals surface area contributed by atoms with Crippen molar-refractivity contribution in [1.82, 2.24) is 4.90 Å². The first-order valence-corrected chi connectivity index (χ1v) is 7.32. The highest BCUT2D eigenvalue weighted by molar-refractivity contribution is 5.92. The molecule has 2 amide bonds. The molecule has 1 atom stereocenters. The maximum atomic E-state index is 12.1. The standard InChI is InChI=1S/C16H23N3O2/c1-11(20)19(2)10-13-5-3-4-6-15(13)18-16(21)9-14(17)12-7-8-12/h3-6,12,14H,7-10,17H2,1-2H3,(H,18,21). The highest BCUT2D eigenvalue weighted by atomic mass is 16.2. The molecule has 0 aromatic heterocycles. The lowest BCUT2D eigenvalue weighted by Crippen LogP contribution is -2.29. The second kappa shape index (κ2) is 6.72.